The summed E-state index contributed by atoms with van der Waals surface area (Å²) in [7, 11) is 4.79. The first-order valence-electron chi connectivity index (χ1n) is 28.5. The van der Waals surface area contributed by atoms with Gasteiger partial charge in [0.2, 0.25) is 6.79 Å². The average Bonchev–Trinajstić information content (AvgIpc) is 4.27. The number of hydrogen-bond donors (Lipinski definition) is 4. The molecule has 4 aliphatic heterocycles. The number of carbonyl (C=O) groups excluding carboxylic acids is 1. The number of nitrogens with zero attached hydrogens (tertiary/aromatic N) is 5. The zero-order chi connectivity index (χ0) is 59.9. The van der Waals surface area contributed by atoms with Gasteiger partial charge < -0.3 is 72.8 Å². The Morgan fingerprint density at radius 3 is 2.21 bits per heavy atom. The number of aliphatic hydroxyl groups is 4. The van der Waals surface area contributed by atoms with Gasteiger partial charge in [0.1, 0.15) is 42.7 Å². The molecule has 4 N–H and O–H groups in total. The van der Waals surface area contributed by atoms with Crippen LogP contribution in [-0.2, 0) is 68.5 Å². The number of esters is 1. The first-order valence-corrected chi connectivity index (χ1v) is 30.3. The molecule has 4 fully saturated rings. The smallest absolute Gasteiger partial charge is 0.311 e. The van der Waals surface area contributed by atoms with Gasteiger partial charge in [-0.15, -0.1) is 5.10 Å². The van der Waals surface area contributed by atoms with Crippen molar-refractivity contribution >= 4 is 21.5 Å². The maximum atomic E-state index is 15.0. The van der Waals surface area contributed by atoms with Gasteiger partial charge in [-0.1, -0.05) is 62.3 Å². The molecule has 81 heavy (non-hydrogen) atoms. The summed E-state index contributed by atoms with van der Waals surface area (Å²) in [6.07, 6.45) is -7.90. The number of methoxy groups -OCH3 is 4. The van der Waals surface area contributed by atoms with Gasteiger partial charge in [0.05, 0.1) is 70.6 Å². The Balaban J connectivity index is 1.30. The van der Waals surface area contributed by atoms with Crippen molar-refractivity contribution in [3.8, 4) is 0 Å². The molecule has 24 heteroatoms. The number of aromatic nitrogens is 3. The highest BCUT2D eigenvalue weighted by Crippen LogP contribution is 2.43. The standard InChI is InChI=1S/C57H94FN5O17S/c1-16-44-57(10,68)50(65)34(4)46(60-75-31-71-12)32(2)26-56(9,74-15)52(35(5)48(36(6)53(67)78-44)79-45-27-55(8,73-14)51(66)37(7)77-45)80-54-47(64)42(25-33(3)76-54)62(11)23-21-41-29-63(61-59-41)43(28-58)49(72-13)39-19-17-38(18-20-39)40-22-24-81(69,70)30-40/h17-20,29,32-37,40,42-45,47-52,54,64-66,68H,16,21-28,30-31H2,1-15H3/b60-46+/t32-,33-,34+,35+,36-,37+,40?,42+,43-,44-,45+,47-,48+,49-,50-,51+,52-,54+,55-,56-,57-/m1/s1. The van der Waals surface area contributed by atoms with E-state index in [2.05, 4.69) is 15.5 Å². The molecule has 1 aromatic heterocycles. The Morgan fingerprint density at radius 2 is 1.62 bits per heavy atom. The lowest BCUT2D eigenvalue weighted by molar-refractivity contribution is -0.319. The maximum Gasteiger partial charge on any atom is 0.311 e. The van der Waals surface area contributed by atoms with E-state index in [0.29, 0.717) is 42.8 Å². The molecule has 462 valence electrons. The summed E-state index contributed by atoms with van der Waals surface area (Å²) in [4.78, 5) is 22.3. The van der Waals surface area contributed by atoms with Crippen LogP contribution in [0.5, 0.6) is 0 Å². The van der Waals surface area contributed by atoms with Gasteiger partial charge in [-0.2, -0.15) is 0 Å². The van der Waals surface area contributed by atoms with E-state index in [0.717, 1.165) is 5.56 Å². The Labute approximate surface area is 478 Å². The SMILES string of the molecule is CC[C@H]1OC(=O)[C@H](C)[C@@H](O[C@H]2C[C@@](C)(OC)[C@@H](O)[C@H](C)O2)[C@H](C)[C@@H](O[C@@H]2O[C@H](C)C[C@H](N(C)CCc3cn([C@H](CF)[C@H](OC)c4ccc(C5CCS(=O)(=O)C5)cc4)nn3)[C@H]2O)[C@](C)(OC)C[C@@H](C)/C(=N\OCOC)[C@H](C)[C@@H](O)[C@]1(C)O. The number of oxime groups is 1. The molecule has 0 bridgehead atoms. The van der Waals surface area contributed by atoms with Crippen molar-refractivity contribution < 1.29 is 85.5 Å². The summed E-state index contributed by atoms with van der Waals surface area (Å²) < 4.78 is 97.1. The van der Waals surface area contributed by atoms with Gasteiger partial charge in [-0.25, -0.2) is 17.5 Å². The average molecular weight is 1170 g/mol. The van der Waals surface area contributed by atoms with E-state index in [1.807, 2.05) is 63.9 Å². The van der Waals surface area contributed by atoms with Gasteiger partial charge in [0, 0.05) is 77.8 Å². The molecule has 0 amide bonds. The lowest BCUT2D eigenvalue weighted by Crippen LogP contribution is -2.61. The first kappa shape index (κ1) is 66.8. The summed E-state index contributed by atoms with van der Waals surface area (Å²) in [6, 6.07) is 6.07. The summed E-state index contributed by atoms with van der Waals surface area (Å²) in [5, 5.41) is 61.0. The third kappa shape index (κ3) is 15.4. The molecule has 2 aromatic rings. The van der Waals surface area contributed by atoms with Crippen molar-refractivity contribution in [2.45, 2.75) is 210 Å². The van der Waals surface area contributed by atoms with Crippen LogP contribution in [0.25, 0.3) is 0 Å². The van der Waals surface area contributed by atoms with Crippen LogP contribution in [-0.4, -0.2) is 212 Å². The molecular weight excluding hydrogens is 1080 g/mol. The van der Waals surface area contributed by atoms with Crippen LogP contribution < -0.4 is 0 Å². The van der Waals surface area contributed by atoms with Gasteiger partial charge in [-0.3, -0.25) is 4.79 Å². The second-order valence-electron chi connectivity index (χ2n) is 23.9. The molecule has 0 saturated carbocycles. The second kappa shape index (κ2) is 28.2. The maximum absolute atomic E-state index is 15.0. The molecule has 4 aliphatic rings. The quantitative estimate of drug-likeness (QED) is 0.0597. The number of ether oxygens (including phenoxy) is 9. The largest absolute Gasteiger partial charge is 0.459 e. The van der Waals surface area contributed by atoms with E-state index in [1.54, 1.807) is 40.8 Å². The number of likely N-dealkylation sites (N-methyl/N-ethyl adjacent to an activating group) is 1. The monoisotopic (exact) mass is 1170 g/mol. The fourth-order valence-electron chi connectivity index (χ4n) is 12.7. The lowest BCUT2D eigenvalue weighted by atomic mass is 9.73. The Morgan fingerprint density at radius 1 is 0.938 bits per heavy atom. The molecule has 1 aromatic carbocycles. The summed E-state index contributed by atoms with van der Waals surface area (Å²) >= 11 is 0. The number of cyclic esters (lactones) is 1. The number of aliphatic hydroxyl groups excluding tert-OH is 3. The van der Waals surface area contributed by atoms with Crippen LogP contribution in [0.3, 0.4) is 0 Å². The van der Waals surface area contributed by atoms with Crippen molar-refractivity contribution in [1.82, 2.24) is 19.9 Å². The molecule has 1 unspecified atom stereocenters. The van der Waals surface area contributed by atoms with Crippen LogP contribution in [0.4, 0.5) is 4.39 Å². The van der Waals surface area contributed by atoms with Gasteiger partial charge in [0.15, 0.2) is 22.4 Å². The lowest BCUT2D eigenvalue weighted by Gasteiger charge is -2.50. The van der Waals surface area contributed by atoms with E-state index in [-0.39, 0.29) is 43.5 Å². The topological polar surface area (TPSA) is 271 Å². The summed E-state index contributed by atoms with van der Waals surface area (Å²) in [5.74, 6) is -3.86. The number of rotatable bonds is 20. The number of alkyl halides is 1. The molecule has 5 heterocycles. The summed E-state index contributed by atoms with van der Waals surface area (Å²) in [6.45, 7) is 16.8. The molecule has 6 rings (SSSR count). The number of hydrogen-bond acceptors (Lipinski definition) is 21. The van der Waals surface area contributed by atoms with E-state index < -0.39 is 143 Å². The minimum Gasteiger partial charge on any atom is -0.459 e. The number of benzene rings is 1. The van der Waals surface area contributed by atoms with Crippen molar-refractivity contribution in [2.24, 2.45) is 28.8 Å². The molecule has 0 radical (unpaired) electrons. The zero-order valence-corrected chi connectivity index (χ0v) is 51.0. The van der Waals surface area contributed by atoms with Crippen LogP contribution in [0.2, 0.25) is 0 Å². The van der Waals surface area contributed by atoms with E-state index in [9.17, 15) is 38.0 Å². The second-order valence-corrected chi connectivity index (χ2v) is 26.1. The van der Waals surface area contributed by atoms with Crippen molar-refractivity contribution in [2.75, 3.05) is 67.0 Å². The van der Waals surface area contributed by atoms with Crippen molar-refractivity contribution in [3.63, 3.8) is 0 Å². The minimum absolute atomic E-state index is 0.0748. The molecular formula is C57H94FN5O17S. The van der Waals surface area contributed by atoms with E-state index in [4.69, 9.17) is 47.5 Å². The Hall–Kier alpha value is -3.34. The van der Waals surface area contributed by atoms with Crippen LogP contribution >= 0.6 is 0 Å². The van der Waals surface area contributed by atoms with Crippen molar-refractivity contribution in [1.29, 1.82) is 0 Å². The normalized spacial score (nSPS) is 39.5. The highest BCUT2D eigenvalue weighted by molar-refractivity contribution is 7.91. The third-order valence-electron chi connectivity index (χ3n) is 17.9. The highest BCUT2D eigenvalue weighted by atomic mass is 32.2. The predicted molar refractivity (Wildman–Crippen MR) is 296 cm³/mol. The first-order chi connectivity index (χ1) is 38.1. The number of sulfone groups is 1. The van der Waals surface area contributed by atoms with Gasteiger partial charge in [-0.05, 0) is 91.3 Å². The van der Waals surface area contributed by atoms with E-state index in [1.165, 1.54) is 40.0 Å². The Bertz CT molecular complexity index is 2460. The molecule has 22 nitrogen and oxygen atoms in total. The van der Waals surface area contributed by atoms with Crippen LogP contribution in [0, 0.1) is 23.7 Å². The fraction of sp³-hybridized carbons (Fsp3) is 0.825. The van der Waals surface area contributed by atoms with Crippen molar-refractivity contribution in [3.05, 3.63) is 47.3 Å². The molecule has 0 spiro atoms. The zero-order valence-electron chi connectivity index (χ0n) is 50.2. The van der Waals surface area contributed by atoms with Crippen LogP contribution in [0.15, 0.2) is 35.6 Å². The van der Waals surface area contributed by atoms with E-state index >= 15 is 0 Å². The van der Waals surface area contributed by atoms with Gasteiger partial charge >= 0.3 is 5.97 Å². The summed E-state index contributed by atoms with van der Waals surface area (Å²) in [5.41, 5.74) is -1.85. The highest BCUT2D eigenvalue weighted by Gasteiger charge is 2.54. The van der Waals surface area contributed by atoms with Gasteiger partial charge in [0.25, 0.3) is 0 Å². The fourth-order valence-corrected chi connectivity index (χ4v) is 14.5. The Kier molecular flexibility index (Phi) is 23.3. The van der Waals surface area contributed by atoms with Crippen LogP contribution in [0.1, 0.15) is 136 Å². The predicted octanol–water partition coefficient (Wildman–Crippen LogP) is 4.85. The molecule has 0 aliphatic carbocycles. The molecule has 21 atom stereocenters. The number of halogens is 1. The third-order valence-corrected chi connectivity index (χ3v) is 19.7. The molecule has 4 saturated heterocycles. The minimum atomic E-state index is -3.07. The number of carbonyl (C=O) groups is 1.